The highest BCUT2D eigenvalue weighted by Gasteiger charge is 2.44. The highest BCUT2D eigenvalue weighted by Crippen LogP contribution is 2.47. The third-order valence-electron chi connectivity index (χ3n) is 4.85. The first-order valence-electron chi connectivity index (χ1n) is 9.00. The lowest BCUT2D eigenvalue weighted by Gasteiger charge is -2.21. The second kappa shape index (κ2) is 7.50. The van der Waals surface area contributed by atoms with E-state index in [1.165, 1.54) is 18.4 Å². The average Bonchev–Trinajstić information content (AvgIpc) is 3.19. The molecule has 0 amide bonds. The largest absolute Gasteiger partial charge is 0.466 e. The fraction of sp³-hybridized carbons (Fsp3) is 0.450. The predicted octanol–water partition coefficient (Wildman–Crippen LogP) is 2.91. The Balaban J connectivity index is 1.64. The second-order valence-corrected chi connectivity index (χ2v) is 7.09. The molecule has 1 aromatic heterocycles. The molecule has 0 saturated heterocycles. The van der Waals surface area contributed by atoms with E-state index in [-0.39, 0.29) is 17.8 Å². The zero-order chi connectivity index (χ0) is 18.6. The summed E-state index contributed by atoms with van der Waals surface area (Å²) in [6, 6.07) is 10.2. The van der Waals surface area contributed by atoms with Gasteiger partial charge in [0, 0.05) is 18.5 Å². The van der Waals surface area contributed by atoms with Gasteiger partial charge in [0.2, 0.25) is 0 Å². The van der Waals surface area contributed by atoms with E-state index in [1.54, 1.807) is 19.1 Å². The van der Waals surface area contributed by atoms with Crippen molar-refractivity contribution in [3.05, 3.63) is 59.8 Å². The van der Waals surface area contributed by atoms with Gasteiger partial charge in [-0.25, -0.2) is 9.38 Å². The van der Waals surface area contributed by atoms with Crippen LogP contribution in [0.2, 0.25) is 0 Å². The maximum absolute atomic E-state index is 13.2. The van der Waals surface area contributed by atoms with Gasteiger partial charge >= 0.3 is 0 Å². The molecule has 1 aliphatic carbocycles. The van der Waals surface area contributed by atoms with E-state index >= 15 is 0 Å². The maximum atomic E-state index is 13.2. The van der Waals surface area contributed by atoms with Crippen molar-refractivity contribution >= 4 is 5.96 Å². The van der Waals surface area contributed by atoms with Crippen LogP contribution in [0.25, 0.3) is 0 Å². The van der Waals surface area contributed by atoms with E-state index in [9.17, 15) is 9.50 Å². The Morgan fingerprint density at radius 1 is 1.27 bits per heavy atom. The first kappa shape index (κ1) is 18.5. The predicted molar refractivity (Wildman–Crippen MR) is 99.6 cm³/mol. The molecule has 3 N–H and O–H groups in total. The van der Waals surface area contributed by atoms with Crippen molar-refractivity contribution in [1.82, 2.24) is 10.6 Å². The van der Waals surface area contributed by atoms with Crippen LogP contribution < -0.4 is 10.6 Å². The van der Waals surface area contributed by atoms with Gasteiger partial charge in [-0.15, -0.1) is 0 Å². The zero-order valence-corrected chi connectivity index (χ0v) is 15.3. The molecule has 1 aliphatic rings. The van der Waals surface area contributed by atoms with Crippen LogP contribution in [-0.2, 0) is 11.0 Å². The van der Waals surface area contributed by atoms with Gasteiger partial charge in [0.05, 0.1) is 12.8 Å². The molecule has 1 atom stereocenters. The summed E-state index contributed by atoms with van der Waals surface area (Å²) in [5, 5.41) is 17.1. The lowest BCUT2D eigenvalue weighted by atomic mass is 9.96. The summed E-state index contributed by atoms with van der Waals surface area (Å²) in [5.41, 5.74) is 0.0119. The van der Waals surface area contributed by atoms with Crippen LogP contribution in [0.3, 0.4) is 0 Å². The normalized spacial score (nSPS) is 18.2. The number of hydrogen-bond acceptors (Lipinski definition) is 3. The summed E-state index contributed by atoms with van der Waals surface area (Å²) >= 11 is 0. The summed E-state index contributed by atoms with van der Waals surface area (Å²) in [6.45, 7) is 5.29. The number of aliphatic hydroxyl groups is 1. The lowest BCUT2D eigenvalue weighted by molar-refractivity contribution is 0.0437. The lowest BCUT2D eigenvalue weighted by Crippen LogP contribution is -2.42. The SMILES string of the molecule is CCNC(=NCC(C)(O)c1ccco1)NCC1(c2ccc(F)cc2)CC1. The quantitative estimate of drug-likeness (QED) is 0.525. The van der Waals surface area contributed by atoms with Crippen molar-refractivity contribution in [2.75, 3.05) is 19.6 Å². The molecule has 26 heavy (non-hydrogen) atoms. The molecule has 1 saturated carbocycles. The number of aliphatic imine (C=N–C) groups is 1. The molecule has 1 heterocycles. The number of halogens is 1. The fourth-order valence-corrected chi connectivity index (χ4v) is 3.01. The van der Waals surface area contributed by atoms with Gasteiger partial charge in [0.1, 0.15) is 17.2 Å². The number of guanidine groups is 1. The first-order chi connectivity index (χ1) is 12.5. The summed E-state index contributed by atoms with van der Waals surface area (Å²) in [4.78, 5) is 4.50. The average molecular weight is 359 g/mol. The Morgan fingerprint density at radius 2 is 2.00 bits per heavy atom. The van der Waals surface area contributed by atoms with Gasteiger partial charge in [-0.2, -0.15) is 0 Å². The van der Waals surface area contributed by atoms with Crippen LogP contribution in [0.1, 0.15) is 38.0 Å². The topological polar surface area (TPSA) is 69.8 Å². The molecule has 0 spiro atoms. The summed E-state index contributed by atoms with van der Waals surface area (Å²) in [5.74, 6) is 0.919. The molecule has 1 fully saturated rings. The highest BCUT2D eigenvalue weighted by atomic mass is 19.1. The van der Waals surface area contributed by atoms with E-state index in [1.807, 2.05) is 19.1 Å². The Labute approximate surface area is 153 Å². The molecule has 0 aliphatic heterocycles. The van der Waals surface area contributed by atoms with Crippen LogP contribution in [0.15, 0.2) is 52.1 Å². The van der Waals surface area contributed by atoms with Crippen LogP contribution in [-0.4, -0.2) is 30.7 Å². The van der Waals surface area contributed by atoms with Gasteiger partial charge in [0.25, 0.3) is 0 Å². The second-order valence-electron chi connectivity index (χ2n) is 7.09. The smallest absolute Gasteiger partial charge is 0.191 e. The molecule has 2 aromatic rings. The van der Waals surface area contributed by atoms with Gasteiger partial charge in [0.15, 0.2) is 5.96 Å². The number of hydrogen-bond donors (Lipinski definition) is 3. The van der Waals surface area contributed by atoms with Crippen molar-refractivity contribution in [2.45, 2.75) is 37.7 Å². The van der Waals surface area contributed by atoms with Gasteiger partial charge in [-0.05, 0) is 56.5 Å². The fourth-order valence-electron chi connectivity index (χ4n) is 3.01. The minimum atomic E-state index is -1.17. The molecule has 0 radical (unpaired) electrons. The van der Waals surface area contributed by atoms with Crippen LogP contribution in [0, 0.1) is 5.82 Å². The minimum absolute atomic E-state index is 0.0351. The molecular formula is C20H26FN3O2. The van der Waals surface area contributed by atoms with Crippen molar-refractivity contribution in [3.8, 4) is 0 Å². The van der Waals surface area contributed by atoms with Crippen LogP contribution in [0.4, 0.5) is 4.39 Å². The summed E-state index contributed by atoms with van der Waals surface area (Å²) < 4.78 is 18.5. The standard InChI is InChI=1S/C20H26FN3O2/c1-3-22-18(23-13-19(2,25)17-5-4-12-26-17)24-14-20(10-11-20)15-6-8-16(21)9-7-15/h4-9,12,25H,3,10-11,13-14H2,1-2H3,(H2,22,23,24). The molecule has 0 bridgehead atoms. The Morgan fingerprint density at radius 3 is 2.58 bits per heavy atom. The van der Waals surface area contributed by atoms with E-state index in [0.717, 1.165) is 24.9 Å². The molecule has 1 aromatic carbocycles. The van der Waals surface area contributed by atoms with Crippen molar-refractivity contribution in [1.29, 1.82) is 0 Å². The number of nitrogens with one attached hydrogen (secondary N) is 2. The first-order valence-corrected chi connectivity index (χ1v) is 9.00. The Bertz CT molecular complexity index is 735. The zero-order valence-electron chi connectivity index (χ0n) is 15.3. The molecule has 6 heteroatoms. The van der Waals surface area contributed by atoms with E-state index < -0.39 is 5.60 Å². The maximum Gasteiger partial charge on any atom is 0.191 e. The molecule has 5 nitrogen and oxygen atoms in total. The molecule has 3 rings (SSSR count). The number of nitrogens with zero attached hydrogens (tertiary/aromatic N) is 1. The van der Waals surface area contributed by atoms with E-state index in [2.05, 4.69) is 15.6 Å². The van der Waals surface area contributed by atoms with Crippen molar-refractivity contribution in [3.63, 3.8) is 0 Å². The molecule has 1 unspecified atom stereocenters. The van der Waals surface area contributed by atoms with Crippen LogP contribution in [0.5, 0.6) is 0 Å². The third kappa shape index (κ3) is 4.25. The number of rotatable bonds is 7. The third-order valence-corrected chi connectivity index (χ3v) is 4.85. The highest BCUT2D eigenvalue weighted by molar-refractivity contribution is 5.80. The summed E-state index contributed by atoms with van der Waals surface area (Å²) in [6.07, 6.45) is 3.67. The number of furan rings is 1. The monoisotopic (exact) mass is 359 g/mol. The minimum Gasteiger partial charge on any atom is -0.466 e. The van der Waals surface area contributed by atoms with Crippen LogP contribution >= 0.6 is 0 Å². The van der Waals surface area contributed by atoms with E-state index in [4.69, 9.17) is 4.42 Å². The molecular weight excluding hydrogens is 333 g/mol. The van der Waals surface area contributed by atoms with Gasteiger partial charge in [-0.3, -0.25) is 0 Å². The van der Waals surface area contributed by atoms with E-state index in [0.29, 0.717) is 18.3 Å². The number of benzene rings is 1. The summed E-state index contributed by atoms with van der Waals surface area (Å²) in [7, 11) is 0. The Kier molecular flexibility index (Phi) is 5.32. The Hall–Kier alpha value is -2.34. The van der Waals surface area contributed by atoms with Crippen molar-refractivity contribution < 1.29 is 13.9 Å². The molecule has 140 valence electrons. The van der Waals surface area contributed by atoms with Crippen molar-refractivity contribution in [2.24, 2.45) is 4.99 Å². The van der Waals surface area contributed by atoms with Gasteiger partial charge < -0.3 is 20.2 Å². The van der Waals surface area contributed by atoms with Gasteiger partial charge in [-0.1, -0.05) is 12.1 Å².